The number of allylic oxidation sites excluding steroid dienone is 1. The van der Waals surface area contributed by atoms with E-state index in [4.69, 9.17) is 4.98 Å². The molecule has 2 aromatic heterocycles. The van der Waals surface area contributed by atoms with Crippen LogP contribution in [-0.4, -0.2) is 4.98 Å². The van der Waals surface area contributed by atoms with Gasteiger partial charge < -0.3 is 5.32 Å². The number of pyridine rings is 1. The number of thiophene rings is 1. The number of nitrogens with two attached hydrogens (primary N) is 1. The zero-order chi connectivity index (χ0) is 32.1. The molecule has 3 heteroatoms. The first-order valence-electron chi connectivity index (χ1n) is 17.2. The predicted octanol–water partition coefficient (Wildman–Crippen LogP) is 11.3. The van der Waals surface area contributed by atoms with Gasteiger partial charge in [-0.25, -0.2) is 4.98 Å². The number of benzene rings is 6. The van der Waals surface area contributed by atoms with Crippen molar-refractivity contribution in [3.8, 4) is 33.5 Å². The molecule has 3 heterocycles. The summed E-state index contributed by atoms with van der Waals surface area (Å²) in [6, 6.07) is 47.2. The minimum atomic E-state index is 0.164. The van der Waals surface area contributed by atoms with E-state index in [2.05, 4.69) is 151 Å². The summed E-state index contributed by atoms with van der Waals surface area (Å²) in [7, 11) is 0. The first-order valence-corrected chi connectivity index (χ1v) is 18.0. The molecule has 49 heavy (non-hydrogen) atoms. The van der Waals surface area contributed by atoms with Gasteiger partial charge in [0.1, 0.15) is 11.6 Å². The molecule has 11 rings (SSSR count). The molecule has 0 saturated carbocycles. The summed E-state index contributed by atoms with van der Waals surface area (Å²) in [5, 5.41) is 6.29. The van der Waals surface area contributed by atoms with Gasteiger partial charge in [0.2, 0.25) is 0 Å². The van der Waals surface area contributed by atoms with E-state index in [1.165, 1.54) is 92.5 Å². The number of quaternary nitrogens is 1. The Bertz CT molecular complexity index is 2760. The maximum atomic E-state index is 5.46. The van der Waals surface area contributed by atoms with Gasteiger partial charge in [0, 0.05) is 42.2 Å². The Morgan fingerprint density at radius 3 is 2.47 bits per heavy atom. The first kappa shape index (κ1) is 27.4. The number of hydrogen-bond acceptors (Lipinski definition) is 2. The number of fused-ring (bicyclic) bond motifs is 9. The van der Waals surface area contributed by atoms with Gasteiger partial charge in [-0.3, -0.25) is 0 Å². The van der Waals surface area contributed by atoms with Gasteiger partial charge in [0.05, 0.1) is 5.69 Å². The smallest absolute Gasteiger partial charge is 0.164 e. The van der Waals surface area contributed by atoms with Crippen LogP contribution in [-0.2, 0) is 6.42 Å². The van der Waals surface area contributed by atoms with Gasteiger partial charge in [-0.05, 0) is 93.8 Å². The molecule has 0 fully saturated rings. The second kappa shape index (κ2) is 10.4. The Morgan fingerprint density at radius 1 is 0.673 bits per heavy atom. The Hall–Kier alpha value is -5.61. The van der Waals surface area contributed by atoms with Crippen LogP contribution in [0.25, 0.3) is 76.2 Å². The monoisotopic (exact) mass is 643 g/mol. The summed E-state index contributed by atoms with van der Waals surface area (Å²) in [6.07, 6.45) is 9.18. The summed E-state index contributed by atoms with van der Waals surface area (Å²) in [5.41, 5.74) is 18.1. The average molecular weight is 644 g/mol. The molecular weight excluding hydrogens is 613 g/mol. The topological polar surface area (TPSA) is 29.5 Å². The van der Waals surface area contributed by atoms with Crippen LogP contribution in [0.2, 0.25) is 0 Å². The van der Waals surface area contributed by atoms with Crippen molar-refractivity contribution >= 4 is 59.7 Å². The molecule has 230 valence electrons. The molecule has 6 aromatic carbocycles. The van der Waals surface area contributed by atoms with E-state index in [1.807, 2.05) is 11.3 Å². The molecule has 1 atom stereocenters. The van der Waals surface area contributed by atoms with Gasteiger partial charge in [0.15, 0.2) is 5.69 Å². The lowest BCUT2D eigenvalue weighted by Gasteiger charge is -2.21. The molecule has 0 bridgehead atoms. The van der Waals surface area contributed by atoms with Crippen LogP contribution in [0.1, 0.15) is 40.3 Å². The van der Waals surface area contributed by atoms with Crippen LogP contribution in [0, 0.1) is 0 Å². The van der Waals surface area contributed by atoms with Crippen molar-refractivity contribution in [3.05, 3.63) is 167 Å². The maximum absolute atomic E-state index is 5.46. The van der Waals surface area contributed by atoms with Crippen LogP contribution in [0.4, 0.5) is 5.69 Å². The van der Waals surface area contributed by atoms with E-state index in [0.717, 1.165) is 24.1 Å². The van der Waals surface area contributed by atoms with Crippen molar-refractivity contribution in [3.63, 3.8) is 0 Å². The van der Waals surface area contributed by atoms with Crippen molar-refractivity contribution in [1.82, 2.24) is 4.98 Å². The summed E-state index contributed by atoms with van der Waals surface area (Å²) >= 11 is 1.89. The van der Waals surface area contributed by atoms with Crippen LogP contribution < -0.4 is 5.32 Å². The highest BCUT2D eigenvalue weighted by molar-refractivity contribution is 7.26. The Labute approximate surface area is 288 Å². The molecular formula is C46H31N2S+. The summed E-state index contributed by atoms with van der Waals surface area (Å²) < 4.78 is 2.69. The van der Waals surface area contributed by atoms with E-state index in [-0.39, 0.29) is 6.04 Å². The molecule has 0 radical (unpaired) electrons. The number of hydrogen-bond donors (Lipinski definition) is 1. The molecule has 2 aliphatic carbocycles. The highest BCUT2D eigenvalue weighted by Gasteiger charge is 2.30. The summed E-state index contributed by atoms with van der Waals surface area (Å²) in [6.45, 7) is 0. The fourth-order valence-electron chi connectivity index (χ4n) is 8.57. The van der Waals surface area contributed by atoms with E-state index in [9.17, 15) is 0 Å². The fraction of sp³-hybridized carbons (Fsp3) is 0.0652. The standard InChI is InChI=1S/C46H30N2S/c1-2-11-33-32(10-1)36-14-7-15-37-34(22-23-38(33)43(36)37)41-25-21-28-19-18-27-20-24-40(47-44(27)45(28)48-41)30-9-5-8-29(26-30)31-13-6-16-39-35-12-3-4-17-42(35)49-46(31)39/h1-6,8-14,16-26,40,47H,7,15H2/p+1. The van der Waals surface area contributed by atoms with Crippen LogP contribution >= 0.6 is 11.3 Å². The Morgan fingerprint density at radius 2 is 1.49 bits per heavy atom. The second-order valence-electron chi connectivity index (χ2n) is 13.5. The van der Waals surface area contributed by atoms with Crippen LogP contribution in [0.5, 0.6) is 0 Å². The van der Waals surface area contributed by atoms with Crippen LogP contribution in [0.3, 0.4) is 0 Å². The van der Waals surface area contributed by atoms with Gasteiger partial charge in [0.25, 0.3) is 0 Å². The van der Waals surface area contributed by atoms with Crippen molar-refractivity contribution in [2.45, 2.75) is 18.9 Å². The number of rotatable bonds is 3. The lowest BCUT2D eigenvalue weighted by atomic mass is 9.85. The zero-order valence-electron chi connectivity index (χ0n) is 26.8. The number of aromatic nitrogens is 1. The summed E-state index contributed by atoms with van der Waals surface area (Å²) in [4.78, 5) is 5.46. The molecule has 3 aliphatic rings. The molecule has 0 amide bonds. The molecule has 8 aromatic rings. The van der Waals surface area contributed by atoms with E-state index < -0.39 is 0 Å². The third kappa shape index (κ3) is 4.07. The third-order valence-corrected chi connectivity index (χ3v) is 12.1. The van der Waals surface area contributed by atoms with Gasteiger partial charge in [-0.2, -0.15) is 0 Å². The largest absolute Gasteiger partial charge is 0.302 e. The van der Waals surface area contributed by atoms with E-state index in [1.54, 1.807) is 0 Å². The predicted molar refractivity (Wildman–Crippen MR) is 206 cm³/mol. The average Bonchev–Trinajstić information content (AvgIpc) is 3.71. The maximum Gasteiger partial charge on any atom is 0.164 e. The van der Waals surface area contributed by atoms with Crippen molar-refractivity contribution in [2.75, 3.05) is 0 Å². The minimum Gasteiger partial charge on any atom is -0.302 e. The quantitative estimate of drug-likeness (QED) is 0.191. The number of nitrogens with zero attached hydrogens (tertiary/aromatic N) is 1. The third-order valence-electron chi connectivity index (χ3n) is 10.9. The molecule has 2 N–H and O–H groups in total. The zero-order valence-corrected chi connectivity index (χ0v) is 27.6. The van der Waals surface area contributed by atoms with Gasteiger partial charge in [-0.1, -0.05) is 109 Å². The Kier molecular flexibility index (Phi) is 5.83. The van der Waals surface area contributed by atoms with E-state index in [0.29, 0.717) is 0 Å². The van der Waals surface area contributed by atoms with Crippen molar-refractivity contribution in [2.24, 2.45) is 0 Å². The van der Waals surface area contributed by atoms with Crippen molar-refractivity contribution < 1.29 is 5.32 Å². The molecule has 2 nitrogen and oxygen atoms in total. The second-order valence-corrected chi connectivity index (χ2v) is 14.6. The normalized spacial score (nSPS) is 15.8. The Balaban J connectivity index is 0.986. The molecule has 0 spiro atoms. The first-order chi connectivity index (χ1) is 24.3. The van der Waals surface area contributed by atoms with Crippen molar-refractivity contribution in [1.29, 1.82) is 0 Å². The lowest BCUT2D eigenvalue weighted by Crippen LogP contribution is -2.80. The van der Waals surface area contributed by atoms with E-state index >= 15 is 0 Å². The fourth-order valence-corrected chi connectivity index (χ4v) is 9.81. The summed E-state index contributed by atoms with van der Waals surface area (Å²) in [5.74, 6) is 0. The molecule has 1 unspecified atom stereocenters. The lowest BCUT2D eigenvalue weighted by molar-refractivity contribution is -0.605. The molecule has 0 saturated heterocycles. The van der Waals surface area contributed by atoms with Gasteiger partial charge in [-0.15, -0.1) is 11.3 Å². The molecule has 1 aliphatic heterocycles. The minimum absolute atomic E-state index is 0.164. The highest BCUT2D eigenvalue weighted by atomic mass is 32.1. The SMILES string of the molecule is C1=CC(c2cccc(-c3cccc4c3sc3ccccc34)c2)[NH2+]c2c1ccc1ccc(-c3ccc4c5c3CCC=C5c3ccccc3-4)nc21. The van der Waals surface area contributed by atoms with Gasteiger partial charge >= 0.3 is 0 Å². The highest BCUT2D eigenvalue weighted by Crippen LogP contribution is 2.50. The van der Waals surface area contributed by atoms with Crippen LogP contribution in [0.15, 0.2) is 140 Å².